The van der Waals surface area contributed by atoms with Gasteiger partial charge in [0.25, 0.3) is 0 Å². The number of carbonyl (C=O) groups excluding carboxylic acids is 2. The van der Waals surface area contributed by atoms with E-state index in [-0.39, 0.29) is 11.9 Å². The van der Waals surface area contributed by atoms with Gasteiger partial charge in [0.05, 0.1) is 13.2 Å². The Labute approximate surface area is 276 Å². The summed E-state index contributed by atoms with van der Waals surface area (Å²) in [6, 6.07) is 0. The lowest BCUT2D eigenvalue weighted by Gasteiger charge is -2.14. The van der Waals surface area contributed by atoms with E-state index in [1.807, 2.05) is 0 Å². The number of carbonyl (C=O) groups is 2. The molecule has 0 heterocycles. The van der Waals surface area contributed by atoms with Crippen molar-refractivity contribution in [2.24, 2.45) is 5.92 Å². The molecule has 44 heavy (non-hydrogen) atoms. The Hall–Kier alpha value is -1.06. The predicted molar refractivity (Wildman–Crippen MR) is 190 cm³/mol. The van der Waals surface area contributed by atoms with E-state index >= 15 is 0 Å². The zero-order valence-electron chi connectivity index (χ0n) is 30.3. The molecule has 0 aliphatic carbocycles. The lowest BCUT2D eigenvalue weighted by molar-refractivity contribution is -0.145. The van der Waals surface area contributed by atoms with Gasteiger partial charge in [-0.1, -0.05) is 188 Å². The minimum Gasteiger partial charge on any atom is -0.466 e. The van der Waals surface area contributed by atoms with Crippen molar-refractivity contribution in [1.29, 1.82) is 0 Å². The van der Waals surface area contributed by atoms with E-state index in [1.165, 1.54) is 161 Å². The molecule has 0 aromatic heterocycles. The average molecular weight is 623 g/mol. The van der Waals surface area contributed by atoms with Gasteiger partial charge in [0, 0.05) is 12.8 Å². The van der Waals surface area contributed by atoms with Crippen molar-refractivity contribution in [3.63, 3.8) is 0 Å². The monoisotopic (exact) mass is 623 g/mol. The molecule has 0 aliphatic rings. The number of unbranched alkanes of at least 4 members (excludes halogenated alkanes) is 25. The highest BCUT2D eigenvalue weighted by molar-refractivity contribution is 5.69. The van der Waals surface area contributed by atoms with Crippen molar-refractivity contribution in [3.05, 3.63) is 0 Å². The van der Waals surface area contributed by atoms with Gasteiger partial charge < -0.3 is 9.47 Å². The molecule has 0 aromatic rings. The van der Waals surface area contributed by atoms with Gasteiger partial charge in [-0.25, -0.2) is 0 Å². The van der Waals surface area contributed by atoms with Crippen LogP contribution in [0.25, 0.3) is 0 Å². The number of ether oxygens (including phenoxy) is 2. The molecule has 0 saturated carbocycles. The predicted octanol–water partition coefficient (Wildman–Crippen LogP) is 13.2. The summed E-state index contributed by atoms with van der Waals surface area (Å²) in [6.45, 7) is 7.91. The summed E-state index contributed by atoms with van der Waals surface area (Å²) in [7, 11) is 0. The smallest absolute Gasteiger partial charge is 0.305 e. The van der Waals surface area contributed by atoms with Gasteiger partial charge in [0.15, 0.2) is 0 Å². The fourth-order valence-electron chi connectivity index (χ4n) is 6.04. The van der Waals surface area contributed by atoms with Gasteiger partial charge in [-0.15, -0.1) is 0 Å². The molecule has 4 heteroatoms. The average Bonchev–Trinajstić information content (AvgIpc) is 3.03. The first-order valence-electron chi connectivity index (χ1n) is 19.9. The van der Waals surface area contributed by atoms with Crippen LogP contribution in [-0.4, -0.2) is 25.2 Å². The van der Waals surface area contributed by atoms with Crippen LogP contribution in [-0.2, 0) is 19.1 Å². The van der Waals surface area contributed by atoms with Crippen LogP contribution in [0, 0.1) is 5.92 Å². The Bertz CT molecular complexity index is 590. The van der Waals surface area contributed by atoms with Crippen LogP contribution in [0.3, 0.4) is 0 Å². The molecule has 1 unspecified atom stereocenters. The molecule has 0 rings (SSSR count). The Morgan fingerprint density at radius 3 is 1.14 bits per heavy atom. The molecule has 0 spiro atoms. The highest BCUT2D eigenvalue weighted by atomic mass is 16.5. The molecule has 0 bridgehead atoms. The maximum Gasteiger partial charge on any atom is 0.305 e. The summed E-state index contributed by atoms with van der Waals surface area (Å²) >= 11 is 0. The van der Waals surface area contributed by atoms with E-state index < -0.39 is 0 Å². The van der Waals surface area contributed by atoms with Crippen molar-refractivity contribution >= 4 is 11.9 Å². The first kappa shape index (κ1) is 42.9. The highest BCUT2D eigenvalue weighted by Crippen LogP contribution is 2.16. The molecule has 0 radical (unpaired) electrons. The van der Waals surface area contributed by atoms with Crippen molar-refractivity contribution < 1.29 is 19.1 Å². The van der Waals surface area contributed by atoms with E-state index in [9.17, 15) is 9.59 Å². The fourth-order valence-corrected chi connectivity index (χ4v) is 6.04. The standard InChI is InChI=1S/C40H78O4/c1-4-7-9-10-11-12-13-15-18-21-24-27-30-34-39(41)43-36-32-29-26-23-20-17-14-16-19-22-25-28-31-35-40(42)44-37-38(6-3)33-8-5-2/h38H,4-37H2,1-3H3. The molecule has 0 amide bonds. The molecule has 0 N–H and O–H groups in total. The zero-order chi connectivity index (χ0) is 32.2. The molecule has 0 aliphatic heterocycles. The Kier molecular flexibility index (Phi) is 35.5. The van der Waals surface area contributed by atoms with Crippen molar-refractivity contribution in [2.75, 3.05) is 13.2 Å². The molecule has 1 atom stereocenters. The molecule has 4 nitrogen and oxygen atoms in total. The second-order valence-corrected chi connectivity index (χ2v) is 13.7. The molecular weight excluding hydrogens is 544 g/mol. The number of rotatable bonds is 36. The van der Waals surface area contributed by atoms with E-state index in [4.69, 9.17) is 9.47 Å². The van der Waals surface area contributed by atoms with Crippen LogP contribution >= 0.6 is 0 Å². The molecular formula is C40H78O4. The second kappa shape index (κ2) is 36.4. The minimum atomic E-state index is 0.00110. The van der Waals surface area contributed by atoms with Crippen molar-refractivity contribution in [3.8, 4) is 0 Å². The normalized spacial score (nSPS) is 12.0. The van der Waals surface area contributed by atoms with Crippen LogP contribution in [0.2, 0.25) is 0 Å². The lowest BCUT2D eigenvalue weighted by Crippen LogP contribution is -2.13. The van der Waals surface area contributed by atoms with E-state index in [2.05, 4.69) is 20.8 Å². The topological polar surface area (TPSA) is 52.6 Å². The Balaban J connectivity index is 3.26. The van der Waals surface area contributed by atoms with Crippen LogP contribution in [0.5, 0.6) is 0 Å². The van der Waals surface area contributed by atoms with Crippen LogP contribution in [0.15, 0.2) is 0 Å². The molecule has 0 fully saturated rings. The summed E-state index contributed by atoms with van der Waals surface area (Å²) in [4.78, 5) is 23.9. The van der Waals surface area contributed by atoms with Gasteiger partial charge in [0.1, 0.15) is 0 Å². The molecule has 0 saturated heterocycles. The van der Waals surface area contributed by atoms with Crippen molar-refractivity contribution in [2.45, 2.75) is 226 Å². The maximum atomic E-state index is 12.0. The third kappa shape index (κ3) is 33.8. The number of hydrogen-bond donors (Lipinski definition) is 0. The summed E-state index contributed by atoms with van der Waals surface area (Å²) < 4.78 is 10.9. The summed E-state index contributed by atoms with van der Waals surface area (Å²) in [5.74, 6) is 0.550. The van der Waals surface area contributed by atoms with E-state index in [0.717, 1.165) is 32.1 Å². The number of hydrogen-bond acceptors (Lipinski definition) is 4. The van der Waals surface area contributed by atoms with Crippen LogP contribution in [0.4, 0.5) is 0 Å². The summed E-state index contributed by atoms with van der Waals surface area (Å²) in [5.41, 5.74) is 0. The van der Waals surface area contributed by atoms with Gasteiger partial charge in [-0.3, -0.25) is 9.59 Å². The quantitative estimate of drug-likeness (QED) is 0.0515. The Morgan fingerprint density at radius 1 is 0.409 bits per heavy atom. The number of esters is 2. The lowest BCUT2D eigenvalue weighted by atomic mass is 10.0. The SMILES string of the molecule is CCCCCCCCCCCCCCCC(=O)OCCCCCCCCCCCCCCCC(=O)OCC(CC)CCCC. The van der Waals surface area contributed by atoms with Gasteiger partial charge >= 0.3 is 11.9 Å². The van der Waals surface area contributed by atoms with Gasteiger partial charge in [0.2, 0.25) is 0 Å². The molecule has 0 aromatic carbocycles. The Morgan fingerprint density at radius 2 is 0.750 bits per heavy atom. The third-order valence-electron chi connectivity index (χ3n) is 9.30. The van der Waals surface area contributed by atoms with E-state index in [0.29, 0.717) is 32.0 Å². The zero-order valence-corrected chi connectivity index (χ0v) is 30.3. The van der Waals surface area contributed by atoms with Gasteiger partial charge in [-0.05, 0) is 31.6 Å². The minimum absolute atomic E-state index is 0.00110. The second-order valence-electron chi connectivity index (χ2n) is 13.7. The van der Waals surface area contributed by atoms with Crippen LogP contribution < -0.4 is 0 Å². The van der Waals surface area contributed by atoms with E-state index in [1.54, 1.807) is 0 Å². The summed E-state index contributed by atoms with van der Waals surface area (Å²) in [6.07, 6.45) is 39.4. The first-order chi connectivity index (χ1) is 21.6. The third-order valence-corrected chi connectivity index (χ3v) is 9.30. The fraction of sp³-hybridized carbons (Fsp3) is 0.950. The summed E-state index contributed by atoms with van der Waals surface area (Å²) in [5, 5.41) is 0. The highest BCUT2D eigenvalue weighted by Gasteiger charge is 2.10. The van der Waals surface area contributed by atoms with Gasteiger partial charge in [-0.2, -0.15) is 0 Å². The first-order valence-corrected chi connectivity index (χ1v) is 19.9. The maximum absolute atomic E-state index is 12.0. The molecule has 262 valence electrons. The largest absolute Gasteiger partial charge is 0.466 e. The van der Waals surface area contributed by atoms with Crippen molar-refractivity contribution in [1.82, 2.24) is 0 Å². The van der Waals surface area contributed by atoms with Crippen LogP contribution in [0.1, 0.15) is 226 Å².